The van der Waals surface area contributed by atoms with Gasteiger partial charge < -0.3 is 15.0 Å². The minimum atomic E-state index is -0.269. The topological polar surface area (TPSA) is 91.1 Å². The molecule has 8 heteroatoms. The number of rotatable bonds is 8. The molecule has 0 spiro atoms. The predicted octanol–water partition coefficient (Wildman–Crippen LogP) is 3.59. The molecule has 1 aromatic heterocycles. The molecule has 4 rings (SSSR count). The van der Waals surface area contributed by atoms with Crippen LogP contribution in [0.1, 0.15) is 23.4 Å². The summed E-state index contributed by atoms with van der Waals surface area (Å²) in [7, 11) is 0. The van der Waals surface area contributed by atoms with Gasteiger partial charge in [-0.05, 0) is 41.5 Å². The number of anilines is 1. The van der Waals surface area contributed by atoms with Gasteiger partial charge in [0.05, 0.1) is 19.3 Å². The number of amides is 1. The number of nitrogens with one attached hydrogen (secondary N) is 1. The highest BCUT2D eigenvalue weighted by Gasteiger charge is 2.11. The quantitative estimate of drug-likeness (QED) is 0.515. The van der Waals surface area contributed by atoms with Crippen LogP contribution >= 0.6 is 11.8 Å². The van der Waals surface area contributed by atoms with E-state index < -0.39 is 0 Å². The summed E-state index contributed by atoms with van der Waals surface area (Å²) >= 11 is 1.56. The first-order chi connectivity index (χ1) is 16.2. The summed E-state index contributed by atoms with van der Waals surface area (Å²) in [4.78, 5) is 24.1. The minimum absolute atomic E-state index is 0.131. The van der Waals surface area contributed by atoms with E-state index in [0.717, 1.165) is 47.6 Å². The zero-order valence-electron chi connectivity index (χ0n) is 18.2. The van der Waals surface area contributed by atoms with Gasteiger partial charge in [-0.15, -0.1) is 0 Å². The molecule has 2 heterocycles. The molecule has 1 aliphatic heterocycles. The van der Waals surface area contributed by atoms with Gasteiger partial charge in [-0.3, -0.25) is 4.79 Å². The van der Waals surface area contributed by atoms with Crippen LogP contribution in [0.15, 0.2) is 70.7 Å². The Kier molecular flexibility index (Phi) is 7.90. The molecule has 1 aliphatic rings. The Morgan fingerprint density at radius 2 is 1.94 bits per heavy atom. The molecule has 2 aromatic carbocycles. The number of morpholine rings is 1. The first-order valence-corrected chi connectivity index (χ1v) is 11.7. The van der Waals surface area contributed by atoms with Gasteiger partial charge in [0.1, 0.15) is 17.3 Å². The number of ether oxygens (including phenoxy) is 1. The third-order valence-corrected chi connectivity index (χ3v) is 6.13. The van der Waals surface area contributed by atoms with E-state index in [4.69, 9.17) is 15.0 Å². The van der Waals surface area contributed by atoms with Crippen LogP contribution in [-0.4, -0.2) is 42.2 Å². The van der Waals surface area contributed by atoms with E-state index in [9.17, 15) is 4.79 Å². The molecule has 0 bridgehead atoms. The Morgan fingerprint density at radius 1 is 1.12 bits per heavy atom. The van der Waals surface area contributed by atoms with Crippen LogP contribution in [0.4, 0.5) is 5.69 Å². The Balaban J connectivity index is 1.36. The van der Waals surface area contributed by atoms with Crippen molar-refractivity contribution >= 4 is 23.4 Å². The molecule has 3 aromatic rings. The van der Waals surface area contributed by atoms with Crippen LogP contribution in [0.2, 0.25) is 0 Å². The standard InChI is InChI=1S/C25H25N5O2S/c26-10-8-24(31)28-18-20-2-1-3-22(16-20)33-25-9-11-27-23(29-25)17-19-4-6-21(7-5-19)30-12-14-32-15-13-30/h1-7,9,11,16H,8,12-15,17-18H2,(H,28,31). The molecule has 0 radical (unpaired) electrons. The highest BCUT2D eigenvalue weighted by Crippen LogP contribution is 2.27. The fourth-order valence-electron chi connectivity index (χ4n) is 3.53. The number of hydrogen-bond acceptors (Lipinski definition) is 7. The molecule has 0 saturated carbocycles. The lowest BCUT2D eigenvalue weighted by atomic mass is 10.1. The maximum Gasteiger partial charge on any atom is 0.234 e. The highest BCUT2D eigenvalue weighted by molar-refractivity contribution is 7.99. The number of nitriles is 1. The summed E-state index contributed by atoms with van der Waals surface area (Å²) in [6.07, 6.45) is 2.33. The Labute approximate surface area is 197 Å². The van der Waals surface area contributed by atoms with Crippen molar-refractivity contribution in [1.82, 2.24) is 15.3 Å². The number of benzene rings is 2. The lowest BCUT2D eigenvalue weighted by Crippen LogP contribution is -2.36. The normalized spacial score (nSPS) is 13.4. The van der Waals surface area contributed by atoms with Crippen molar-refractivity contribution in [3.8, 4) is 6.07 Å². The molecule has 0 unspecified atom stereocenters. The summed E-state index contributed by atoms with van der Waals surface area (Å²) in [5, 5.41) is 12.2. The maximum absolute atomic E-state index is 11.5. The summed E-state index contributed by atoms with van der Waals surface area (Å²) < 4.78 is 5.43. The van der Waals surface area contributed by atoms with Gasteiger partial charge in [0, 0.05) is 42.8 Å². The Hall–Kier alpha value is -3.41. The van der Waals surface area contributed by atoms with E-state index in [1.165, 1.54) is 11.3 Å². The average Bonchev–Trinajstić information content (AvgIpc) is 2.85. The maximum atomic E-state index is 11.5. The molecule has 1 amide bonds. The molecule has 33 heavy (non-hydrogen) atoms. The summed E-state index contributed by atoms with van der Waals surface area (Å²) in [6.45, 7) is 3.80. The van der Waals surface area contributed by atoms with Crippen LogP contribution in [-0.2, 0) is 22.5 Å². The first-order valence-electron chi connectivity index (χ1n) is 10.8. The second kappa shape index (κ2) is 11.5. The zero-order valence-corrected chi connectivity index (χ0v) is 19.1. The van der Waals surface area contributed by atoms with Crippen molar-refractivity contribution in [2.75, 3.05) is 31.2 Å². The molecule has 0 atom stereocenters. The SMILES string of the molecule is N#CCC(=O)NCc1cccc(Sc2ccnc(Cc3ccc(N4CCOCC4)cc3)n2)c1. The zero-order chi connectivity index (χ0) is 22.9. The van der Waals surface area contributed by atoms with Crippen molar-refractivity contribution in [2.24, 2.45) is 0 Å². The average molecular weight is 460 g/mol. The molecule has 7 nitrogen and oxygen atoms in total. The second-order valence-electron chi connectivity index (χ2n) is 7.61. The van der Waals surface area contributed by atoms with Gasteiger partial charge >= 0.3 is 0 Å². The molecular weight excluding hydrogens is 434 g/mol. The van der Waals surface area contributed by atoms with Gasteiger partial charge in [-0.2, -0.15) is 5.26 Å². The summed E-state index contributed by atoms with van der Waals surface area (Å²) in [5.74, 6) is 0.507. The molecule has 168 valence electrons. The van der Waals surface area contributed by atoms with E-state index in [0.29, 0.717) is 13.0 Å². The van der Waals surface area contributed by atoms with Crippen molar-refractivity contribution < 1.29 is 9.53 Å². The summed E-state index contributed by atoms with van der Waals surface area (Å²) in [5.41, 5.74) is 3.36. The minimum Gasteiger partial charge on any atom is -0.378 e. The van der Waals surface area contributed by atoms with Crippen LogP contribution in [0, 0.1) is 11.3 Å². The number of hydrogen-bond donors (Lipinski definition) is 1. The van der Waals surface area contributed by atoms with Crippen LogP contribution in [0.25, 0.3) is 0 Å². The van der Waals surface area contributed by atoms with Crippen LogP contribution in [0.5, 0.6) is 0 Å². The second-order valence-corrected chi connectivity index (χ2v) is 8.71. The van der Waals surface area contributed by atoms with E-state index in [1.54, 1.807) is 18.0 Å². The smallest absolute Gasteiger partial charge is 0.234 e. The van der Waals surface area contributed by atoms with Gasteiger partial charge in [0.2, 0.25) is 5.91 Å². The van der Waals surface area contributed by atoms with Gasteiger partial charge in [0.25, 0.3) is 0 Å². The van der Waals surface area contributed by atoms with Crippen molar-refractivity contribution in [3.05, 3.63) is 77.7 Å². The van der Waals surface area contributed by atoms with Crippen molar-refractivity contribution in [3.63, 3.8) is 0 Å². The van der Waals surface area contributed by atoms with E-state index >= 15 is 0 Å². The van der Waals surface area contributed by atoms with Crippen molar-refractivity contribution in [2.45, 2.75) is 29.3 Å². The number of nitrogens with zero attached hydrogens (tertiary/aromatic N) is 4. The fraction of sp³-hybridized carbons (Fsp3) is 0.280. The Bertz CT molecular complexity index is 1120. The van der Waals surface area contributed by atoms with E-state index in [2.05, 4.69) is 39.5 Å². The lowest BCUT2D eigenvalue weighted by molar-refractivity contribution is -0.120. The molecule has 1 fully saturated rings. The molecular formula is C25H25N5O2S. The predicted molar refractivity (Wildman–Crippen MR) is 127 cm³/mol. The van der Waals surface area contributed by atoms with Gasteiger partial charge in [-0.25, -0.2) is 9.97 Å². The first kappa shape index (κ1) is 22.8. The third-order valence-electron chi connectivity index (χ3n) is 5.20. The van der Waals surface area contributed by atoms with E-state index in [-0.39, 0.29) is 12.3 Å². The lowest BCUT2D eigenvalue weighted by Gasteiger charge is -2.28. The van der Waals surface area contributed by atoms with E-state index in [1.807, 2.05) is 36.4 Å². The molecule has 1 saturated heterocycles. The number of aromatic nitrogens is 2. The summed E-state index contributed by atoms with van der Waals surface area (Å²) in [6, 6.07) is 20.3. The third kappa shape index (κ3) is 6.78. The Morgan fingerprint density at radius 3 is 2.73 bits per heavy atom. The molecule has 0 aliphatic carbocycles. The fourth-order valence-corrected chi connectivity index (χ4v) is 4.40. The highest BCUT2D eigenvalue weighted by atomic mass is 32.2. The van der Waals surface area contributed by atoms with Gasteiger partial charge in [-0.1, -0.05) is 36.0 Å². The number of carbonyl (C=O) groups is 1. The van der Waals surface area contributed by atoms with Crippen LogP contribution in [0.3, 0.4) is 0 Å². The largest absolute Gasteiger partial charge is 0.378 e. The van der Waals surface area contributed by atoms with Gasteiger partial charge in [0.15, 0.2) is 0 Å². The number of carbonyl (C=O) groups excluding carboxylic acids is 1. The molecule has 1 N–H and O–H groups in total. The monoisotopic (exact) mass is 459 g/mol. The van der Waals surface area contributed by atoms with Crippen LogP contribution < -0.4 is 10.2 Å². The van der Waals surface area contributed by atoms with Crippen molar-refractivity contribution in [1.29, 1.82) is 5.26 Å².